The van der Waals surface area contributed by atoms with Crippen LogP contribution in [0.5, 0.6) is 0 Å². The standard InChI is InChI=1S/C9H12N2O3/c1-14-5-7(10)6-3-2-4-11-8(6)9(12)13/h2-4,7H,5,10H2,1H3,(H,12,13)/t7-/m1/s1. The van der Waals surface area contributed by atoms with Gasteiger partial charge in [0.05, 0.1) is 12.6 Å². The molecule has 1 rings (SSSR count). The molecule has 0 unspecified atom stereocenters. The fraction of sp³-hybridized carbons (Fsp3) is 0.333. The Morgan fingerprint density at radius 1 is 1.79 bits per heavy atom. The number of hydrogen-bond acceptors (Lipinski definition) is 4. The van der Waals surface area contributed by atoms with Crippen LogP contribution in [0.1, 0.15) is 22.1 Å². The lowest BCUT2D eigenvalue weighted by molar-refractivity contribution is 0.0687. The number of aromatic nitrogens is 1. The van der Waals surface area contributed by atoms with Crippen molar-refractivity contribution in [2.24, 2.45) is 5.73 Å². The van der Waals surface area contributed by atoms with E-state index in [1.54, 1.807) is 12.1 Å². The van der Waals surface area contributed by atoms with Gasteiger partial charge in [0.15, 0.2) is 5.69 Å². The summed E-state index contributed by atoms with van der Waals surface area (Å²) in [4.78, 5) is 14.5. The normalized spacial score (nSPS) is 12.4. The van der Waals surface area contributed by atoms with Crippen LogP contribution < -0.4 is 5.73 Å². The molecule has 14 heavy (non-hydrogen) atoms. The average molecular weight is 196 g/mol. The van der Waals surface area contributed by atoms with Gasteiger partial charge in [-0.3, -0.25) is 0 Å². The van der Waals surface area contributed by atoms with E-state index in [-0.39, 0.29) is 12.3 Å². The molecule has 1 aromatic rings. The SMILES string of the molecule is COC[C@@H](N)c1cccnc1C(=O)O. The predicted molar refractivity (Wildman–Crippen MR) is 50.0 cm³/mol. The number of methoxy groups -OCH3 is 1. The van der Waals surface area contributed by atoms with E-state index < -0.39 is 12.0 Å². The Kier molecular flexibility index (Phi) is 3.55. The van der Waals surface area contributed by atoms with Crippen molar-refractivity contribution in [2.45, 2.75) is 6.04 Å². The first-order valence-corrected chi connectivity index (χ1v) is 4.09. The third-order valence-electron chi connectivity index (χ3n) is 1.79. The van der Waals surface area contributed by atoms with Crippen LogP contribution in [0.3, 0.4) is 0 Å². The summed E-state index contributed by atoms with van der Waals surface area (Å²) in [7, 11) is 1.51. The number of pyridine rings is 1. The van der Waals surface area contributed by atoms with Gasteiger partial charge in [-0.15, -0.1) is 0 Å². The van der Waals surface area contributed by atoms with Gasteiger partial charge in [-0.05, 0) is 6.07 Å². The minimum absolute atomic E-state index is 0.0166. The molecule has 0 aliphatic carbocycles. The molecular weight excluding hydrogens is 184 g/mol. The van der Waals surface area contributed by atoms with Crippen LogP contribution in [-0.4, -0.2) is 29.8 Å². The fourth-order valence-corrected chi connectivity index (χ4v) is 1.16. The van der Waals surface area contributed by atoms with Gasteiger partial charge in [0.1, 0.15) is 0 Å². The smallest absolute Gasteiger partial charge is 0.354 e. The van der Waals surface area contributed by atoms with Gasteiger partial charge in [0.2, 0.25) is 0 Å². The molecule has 0 amide bonds. The minimum Gasteiger partial charge on any atom is -0.477 e. The van der Waals surface area contributed by atoms with Crippen LogP contribution in [0, 0.1) is 0 Å². The molecule has 0 bridgehead atoms. The van der Waals surface area contributed by atoms with E-state index in [0.29, 0.717) is 5.56 Å². The third-order valence-corrected chi connectivity index (χ3v) is 1.79. The van der Waals surface area contributed by atoms with Gasteiger partial charge < -0.3 is 15.6 Å². The van der Waals surface area contributed by atoms with Crippen molar-refractivity contribution in [3.05, 3.63) is 29.6 Å². The second-order valence-corrected chi connectivity index (χ2v) is 2.81. The summed E-state index contributed by atoms with van der Waals surface area (Å²) in [6.07, 6.45) is 1.42. The van der Waals surface area contributed by atoms with Crippen molar-refractivity contribution in [2.75, 3.05) is 13.7 Å². The second kappa shape index (κ2) is 4.69. The molecule has 0 aromatic carbocycles. The number of hydrogen-bond donors (Lipinski definition) is 2. The number of nitrogens with two attached hydrogens (primary N) is 1. The Hall–Kier alpha value is -1.46. The highest BCUT2D eigenvalue weighted by atomic mass is 16.5. The maximum Gasteiger partial charge on any atom is 0.354 e. The van der Waals surface area contributed by atoms with Crippen LogP contribution in [-0.2, 0) is 4.74 Å². The van der Waals surface area contributed by atoms with Gasteiger partial charge in [0, 0.05) is 18.9 Å². The van der Waals surface area contributed by atoms with Crippen molar-refractivity contribution in [3.63, 3.8) is 0 Å². The van der Waals surface area contributed by atoms with Crippen molar-refractivity contribution >= 4 is 5.97 Å². The molecule has 0 spiro atoms. The summed E-state index contributed by atoms with van der Waals surface area (Å²) in [5.41, 5.74) is 6.19. The Labute approximate surface area is 81.5 Å². The predicted octanol–water partition coefficient (Wildman–Crippen LogP) is 0.426. The van der Waals surface area contributed by atoms with Crippen LogP contribution in [0.15, 0.2) is 18.3 Å². The van der Waals surface area contributed by atoms with Crippen molar-refractivity contribution in [3.8, 4) is 0 Å². The van der Waals surface area contributed by atoms with E-state index in [1.807, 2.05) is 0 Å². The van der Waals surface area contributed by atoms with Gasteiger partial charge in [-0.2, -0.15) is 0 Å². The maximum atomic E-state index is 10.8. The lowest BCUT2D eigenvalue weighted by Gasteiger charge is -2.12. The van der Waals surface area contributed by atoms with Crippen LogP contribution in [0.4, 0.5) is 0 Å². The molecule has 0 saturated heterocycles. The number of ether oxygens (including phenoxy) is 1. The van der Waals surface area contributed by atoms with Crippen molar-refractivity contribution < 1.29 is 14.6 Å². The van der Waals surface area contributed by atoms with Gasteiger partial charge in [-0.25, -0.2) is 9.78 Å². The Balaban J connectivity index is 3.00. The molecule has 5 heteroatoms. The molecule has 3 N–H and O–H groups in total. The van der Waals surface area contributed by atoms with E-state index in [2.05, 4.69) is 4.98 Å². The van der Waals surface area contributed by atoms with E-state index in [9.17, 15) is 4.79 Å². The molecule has 5 nitrogen and oxygen atoms in total. The van der Waals surface area contributed by atoms with E-state index >= 15 is 0 Å². The molecule has 0 aliphatic heterocycles. The lowest BCUT2D eigenvalue weighted by atomic mass is 10.1. The number of carboxylic acids is 1. The fourth-order valence-electron chi connectivity index (χ4n) is 1.16. The van der Waals surface area contributed by atoms with E-state index in [4.69, 9.17) is 15.6 Å². The topological polar surface area (TPSA) is 85.4 Å². The van der Waals surface area contributed by atoms with Gasteiger partial charge in [-0.1, -0.05) is 6.07 Å². The first-order chi connectivity index (χ1) is 6.66. The summed E-state index contributed by atoms with van der Waals surface area (Å²) in [5, 5.41) is 8.82. The zero-order valence-electron chi connectivity index (χ0n) is 7.80. The molecule has 1 aromatic heterocycles. The number of rotatable bonds is 4. The second-order valence-electron chi connectivity index (χ2n) is 2.81. The largest absolute Gasteiger partial charge is 0.477 e. The summed E-state index contributed by atoms with van der Waals surface area (Å²) in [6, 6.07) is 2.83. The molecule has 0 fully saturated rings. The van der Waals surface area contributed by atoms with Gasteiger partial charge in [0.25, 0.3) is 0 Å². The highest BCUT2D eigenvalue weighted by Gasteiger charge is 2.16. The van der Waals surface area contributed by atoms with E-state index in [0.717, 1.165) is 0 Å². The molecule has 0 aliphatic rings. The molecular formula is C9H12N2O3. The summed E-state index contributed by atoms with van der Waals surface area (Å²) in [6.45, 7) is 0.270. The molecule has 1 atom stereocenters. The maximum absolute atomic E-state index is 10.8. The van der Waals surface area contributed by atoms with E-state index in [1.165, 1.54) is 13.3 Å². The molecule has 76 valence electrons. The van der Waals surface area contributed by atoms with Gasteiger partial charge >= 0.3 is 5.97 Å². The average Bonchev–Trinajstić information content (AvgIpc) is 2.18. The Morgan fingerprint density at radius 2 is 2.50 bits per heavy atom. The number of carboxylic acid groups (broad SMARTS) is 1. The molecule has 0 radical (unpaired) electrons. The van der Waals surface area contributed by atoms with Crippen LogP contribution >= 0.6 is 0 Å². The first kappa shape index (κ1) is 10.6. The number of nitrogens with zero attached hydrogens (tertiary/aromatic N) is 1. The Morgan fingerprint density at radius 3 is 3.07 bits per heavy atom. The van der Waals surface area contributed by atoms with Crippen molar-refractivity contribution in [1.29, 1.82) is 0 Å². The third kappa shape index (κ3) is 2.27. The Bertz CT molecular complexity index is 328. The minimum atomic E-state index is -1.08. The highest BCUT2D eigenvalue weighted by Crippen LogP contribution is 2.13. The summed E-state index contributed by atoms with van der Waals surface area (Å²) >= 11 is 0. The van der Waals surface area contributed by atoms with Crippen LogP contribution in [0.25, 0.3) is 0 Å². The number of carbonyl (C=O) groups is 1. The zero-order chi connectivity index (χ0) is 10.6. The summed E-state index contributed by atoms with van der Waals surface area (Å²) in [5.74, 6) is -1.08. The lowest BCUT2D eigenvalue weighted by Crippen LogP contribution is -2.20. The molecule has 0 saturated carbocycles. The monoisotopic (exact) mass is 196 g/mol. The first-order valence-electron chi connectivity index (χ1n) is 4.09. The zero-order valence-corrected chi connectivity index (χ0v) is 7.80. The quantitative estimate of drug-likeness (QED) is 0.729. The van der Waals surface area contributed by atoms with Crippen LogP contribution in [0.2, 0.25) is 0 Å². The molecule has 1 heterocycles. The highest BCUT2D eigenvalue weighted by molar-refractivity contribution is 5.87. The number of aromatic carboxylic acids is 1. The van der Waals surface area contributed by atoms with Crippen molar-refractivity contribution in [1.82, 2.24) is 4.98 Å². The summed E-state index contributed by atoms with van der Waals surface area (Å²) < 4.78 is 4.85.